The molecular weight excluding hydrogens is 386 g/mol. The summed E-state index contributed by atoms with van der Waals surface area (Å²) in [4.78, 5) is 22.5. The third-order valence-corrected chi connectivity index (χ3v) is 5.36. The Kier molecular flexibility index (Phi) is 5.31. The van der Waals surface area contributed by atoms with Crippen LogP contribution in [0.3, 0.4) is 0 Å². The van der Waals surface area contributed by atoms with Crippen LogP contribution in [-0.2, 0) is 0 Å². The number of nitro groups is 1. The number of ketones is 1. The summed E-state index contributed by atoms with van der Waals surface area (Å²) in [5, 5.41) is 22.1. The molecular formula is C22H15N3O3S. The number of Topliss-reactive ketones (excluding diaryl/α,β-unsaturated/α-hetero) is 1. The van der Waals surface area contributed by atoms with Crippen LogP contribution in [0.1, 0.15) is 10.4 Å². The Morgan fingerprint density at radius 2 is 1.66 bits per heavy atom. The molecule has 4 aromatic rings. The van der Waals surface area contributed by atoms with Crippen LogP contribution in [0.25, 0.3) is 22.0 Å². The smallest absolute Gasteiger partial charge is 0.269 e. The number of hydrogen-bond donors (Lipinski definition) is 0. The van der Waals surface area contributed by atoms with E-state index in [0.717, 1.165) is 16.6 Å². The van der Waals surface area contributed by atoms with Crippen LogP contribution in [0.2, 0.25) is 0 Å². The number of nitrogens with zero attached hydrogens (tertiary/aromatic N) is 3. The fraction of sp³-hybridized carbons (Fsp3) is 0.0455. The number of nitro benzene ring substituents is 1. The Morgan fingerprint density at radius 3 is 2.34 bits per heavy atom. The Morgan fingerprint density at radius 1 is 0.897 bits per heavy atom. The lowest BCUT2D eigenvalue weighted by atomic mass is 10.1. The molecule has 0 atom stereocenters. The van der Waals surface area contributed by atoms with Gasteiger partial charge in [0.1, 0.15) is 5.03 Å². The van der Waals surface area contributed by atoms with E-state index in [2.05, 4.69) is 34.5 Å². The molecule has 29 heavy (non-hydrogen) atoms. The highest BCUT2D eigenvalue weighted by Crippen LogP contribution is 2.24. The van der Waals surface area contributed by atoms with Gasteiger partial charge < -0.3 is 0 Å². The second kappa shape index (κ2) is 8.20. The van der Waals surface area contributed by atoms with Gasteiger partial charge in [0.05, 0.1) is 16.4 Å². The van der Waals surface area contributed by atoms with Crippen LogP contribution in [0.15, 0.2) is 83.9 Å². The van der Waals surface area contributed by atoms with Crippen LogP contribution >= 0.6 is 11.8 Å². The summed E-state index contributed by atoms with van der Waals surface area (Å²) in [5.41, 5.74) is 2.14. The Bertz CT molecular complexity index is 1190. The zero-order chi connectivity index (χ0) is 20.2. The van der Waals surface area contributed by atoms with Crippen molar-refractivity contribution in [2.45, 2.75) is 5.03 Å². The van der Waals surface area contributed by atoms with E-state index in [-0.39, 0.29) is 17.2 Å². The number of non-ortho nitro benzene ring substituents is 1. The maximum absolute atomic E-state index is 12.3. The van der Waals surface area contributed by atoms with Crippen LogP contribution in [-0.4, -0.2) is 26.7 Å². The van der Waals surface area contributed by atoms with Gasteiger partial charge in [0.25, 0.3) is 5.69 Å². The minimum atomic E-state index is -0.490. The van der Waals surface area contributed by atoms with Crippen LogP contribution in [0.5, 0.6) is 0 Å². The summed E-state index contributed by atoms with van der Waals surface area (Å²) in [6.45, 7) is 0. The van der Waals surface area contributed by atoms with Gasteiger partial charge in [-0.05, 0) is 41.1 Å². The molecule has 0 bridgehead atoms. The molecule has 0 fully saturated rings. The van der Waals surface area contributed by atoms with Gasteiger partial charge in [-0.3, -0.25) is 14.9 Å². The van der Waals surface area contributed by atoms with Gasteiger partial charge in [0.15, 0.2) is 5.78 Å². The zero-order valence-corrected chi connectivity index (χ0v) is 16.0. The summed E-state index contributed by atoms with van der Waals surface area (Å²) in [5.74, 6) is 0.0623. The second-order valence-electron chi connectivity index (χ2n) is 6.33. The van der Waals surface area contributed by atoms with Crippen molar-refractivity contribution in [1.29, 1.82) is 0 Å². The van der Waals surface area contributed by atoms with Crippen molar-refractivity contribution in [2.75, 3.05) is 5.75 Å². The lowest BCUT2D eigenvalue weighted by Gasteiger charge is -2.04. The second-order valence-corrected chi connectivity index (χ2v) is 7.33. The van der Waals surface area contributed by atoms with Crippen molar-refractivity contribution in [3.05, 3.63) is 94.5 Å². The van der Waals surface area contributed by atoms with Crippen molar-refractivity contribution in [2.24, 2.45) is 0 Å². The van der Waals surface area contributed by atoms with Crippen LogP contribution < -0.4 is 0 Å². The molecule has 0 aliphatic rings. The summed E-state index contributed by atoms with van der Waals surface area (Å²) >= 11 is 1.28. The Labute approximate surface area is 170 Å². The number of thioether (sulfide) groups is 1. The van der Waals surface area contributed by atoms with E-state index >= 15 is 0 Å². The first-order valence-electron chi connectivity index (χ1n) is 8.83. The topological polar surface area (TPSA) is 86.0 Å². The lowest BCUT2D eigenvalue weighted by molar-refractivity contribution is -0.384. The SMILES string of the molecule is O=C(CSc1ccc(-c2ccc3ccccc3c2)nn1)c1ccc([N+](=O)[O-])cc1. The van der Waals surface area contributed by atoms with Crippen molar-refractivity contribution in [3.8, 4) is 11.3 Å². The van der Waals surface area contributed by atoms with Gasteiger partial charge >= 0.3 is 0 Å². The number of carbonyl (C=O) groups excluding carboxylic acids is 1. The van der Waals surface area contributed by atoms with Crippen LogP contribution in [0.4, 0.5) is 5.69 Å². The standard InChI is InChI=1S/C22H15N3O3S/c26-21(16-7-9-19(10-8-16)25(27)28)14-29-22-12-11-20(23-24-22)18-6-5-15-3-1-2-4-17(15)13-18/h1-13H,14H2. The molecule has 0 radical (unpaired) electrons. The molecule has 1 heterocycles. The molecule has 142 valence electrons. The summed E-state index contributed by atoms with van der Waals surface area (Å²) in [6.07, 6.45) is 0. The first-order valence-corrected chi connectivity index (χ1v) is 9.82. The van der Waals surface area contributed by atoms with Crippen molar-refractivity contribution in [3.63, 3.8) is 0 Å². The Balaban J connectivity index is 1.42. The maximum Gasteiger partial charge on any atom is 0.269 e. The van der Waals surface area contributed by atoms with Gasteiger partial charge in [0.2, 0.25) is 0 Å². The summed E-state index contributed by atoms with van der Waals surface area (Å²) in [7, 11) is 0. The number of fused-ring (bicyclic) bond motifs is 1. The van der Waals surface area contributed by atoms with E-state index in [9.17, 15) is 14.9 Å². The first kappa shape index (κ1) is 18.8. The van der Waals surface area contributed by atoms with E-state index in [1.807, 2.05) is 30.3 Å². The fourth-order valence-electron chi connectivity index (χ4n) is 2.89. The summed E-state index contributed by atoms with van der Waals surface area (Å²) < 4.78 is 0. The molecule has 0 aliphatic carbocycles. The average Bonchev–Trinajstić information content (AvgIpc) is 2.77. The molecule has 3 aromatic carbocycles. The molecule has 0 aliphatic heterocycles. The van der Waals surface area contributed by atoms with E-state index in [4.69, 9.17) is 0 Å². The minimum absolute atomic E-state index is 0.0376. The molecule has 0 amide bonds. The zero-order valence-electron chi connectivity index (χ0n) is 15.2. The van der Waals surface area contributed by atoms with Gasteiger partial charge in [-0.1, -0.05) is 48.2 Å². The summed E-state index contributed by atoms with van der Waals surface area (Å²) in [6, 6.07) is 23.6. The Hall–Kier alpha value is -3.58. The monoisotopic (exact) mass is 401 g/mol. The average molecular weight is 401 g/mol. The van der Waals surface area contributed by atoms with Gasteiger partial charge in [-0.2, -0.15) is 0 Å². The number of aromatic nitrogens is 2. The lowest BCUT2D eigenvalue weighted by Crippen LogP contribution is -2.03. The molecule has 0 saturated carbocycles. The van der Waals surface area contributed by atoms with E-state index in [1.54, 1.807) is 0 Å². The first-order chi connectivity index (χ1) is 14.1. The molecule has 0 spiro atoms. The third-order valence-electron chi connectivity index (χ3n) is 4.44. The van der Waals surface area contributed by atoms with Gasteiger partial charge in [-0.25, -0.2) is 0 Å². The molecule has 7 heteroatoms. The van der Waals surface area contributed by atoms with Crippen molar-refractivity contribution >= 4 is 34.0 Å². The molecule has 1 aromatic heterocycles. The molecule has 0 saturated heterocycles. The highest BCUT2D eigenvalue weighted by Gasteiger charge is 2.11. The van der Waals surface area contributed by atoms with E-state index in [0.29, 0.717) is 10.6 Å². The predicted molar refractivity (Wildman–Crippen MR) is 113 cm³/mol. The third kappa shape index (κ3) is 4.30. The highest BCUT2D eigenvalue weighted by molar-refractivity contribution is 7.99. The van der Waals surface area contributed by atoms with Gasteiger partial charge in [-0.15, -0.1) is 10.2 Å². The highest BCUT2D eigenvalue weighted by atomic mass is 32.2. The maximum atomic E-state index is 12.3. The van der Waals surface area contributed by atoms with Gasteiger partial charge in [0, 0.05) is 23.3 Å². The molecule has 0 N–H and O–H groups in total. The van der Waals surface area contributed by atoms with E-state index in [1.165, 1.54) is 41.4 Å². The predicted octanol–water partition coefficient (Wildman–Crippen LogP) is 5.18. The number of benzene rings is 3. The fourth-order valence-corrected chi connectivity index (χ4v) is 3.60. The number of carbonyl (C=O) groups is 1. The van der Waals surface area contributed by atoms with Crippen molar-refractivity contribution < 1.29 is 9.72 Å². The van der Waals surface area contributed by atoms with Crippen LogP contribution in [0, 0.1) is 10.1 Å². The molecule has 4 rings (SSSR count). The van der Waals surface area contributed by atoms with E-state index < -0.39 is 4.92 Å². The quantitative estimate of drug-likeness (QED) is 0.191. The van der Waals surface area contributed by atoms with Crippen molar-refractivity contribution in [1.82, 2.24) is 10.2 Å². The number of hydrogen-bond acceptors (Lipinski definition) is 6. The largest absolute Gasteiger partial charge is 0.293 e. The minimum Gasteiger partial charge on any atom is -0.293 e. The number of rotatable bonds is 6. The normalized spacial score (nSPS) is 10.8. The molecule has 0 unspecified atom stereocenters. The molecule has 6 nitrogen and oxygen atoms in total.